The highest BCUT2D eigenvalue weighted by Crippen LogP contribution is 2.12. The van der Waals surface area contributed by atoms with Gasteiger partial charge in [0.25, 0.3) is 10.0 Å². The molecular weight excluding hydrogens is 286 g/mol. The lowest BCUT2D eigenvalue weighted by Gasteiger charge is -2.14. The van der Waals surface area contributed by atoms with E-state index < -0.39 is 10.0 Å². The van der Waals surface area contributed by atoms with Crippen molar-refractivity contribution in [2.24, 2.45) is 0 Å². The van der Waals surface area contributed by atoms with Crippen molar-refractivity contribution >= 4 is 21.6 Å². The number of hydrogen-bond acceptors (Lipinski definition) is 3. The maximum atomic E-state index is 12.2. The fourth-order valence-electron chi connectivity index (χ4n) is 1.83. The normalized spacial score (nSPS) is 13.7. The average molecular weight is 308 g/mol. The number of nitrogens with zero attached hydrogens (tertiary/aromatic N) is 2. The van der Waals surface area contributed by atoms with Crippen LogP contribution < -0.4 is 4.72 Å². The second-order valence-corrected chi connectivity index (χ2v) is 6.56. The monoisotopic (exact) mass is 307 g/mol. The van der Waals surface area contributed by atoms with Crippen LogP contribution in [0.1, 0.15) is 38.9 Å². The molecule has 110 valence electrons. The topological polar surface area (TPSA) is 64.0 Å². The molecule has 0 saturated carbocycles. The van der Waals surface area contributed by atoms with Gasteiger partial charge in [-0.15, -0.1) is 11.6 Å². The van der Waals surface area contributed by atoms with Crippen LogP contribution in [0, 0.1) is 6.92 Å². The van der Waals surface area contributed by atoms with E-state index >= 15 is 0 Å². The summed E-state index contributed by atoms with van der Waals surface area (Å²) in [6.45, 7) is 6.55. The number of hydrogen-bond donors (Lipinski definition) is 1. The number of imidazole rings is 1. The smallest absolute Gasteiger partial charge is 0.259 e. The van der Waals surface area contributed by atoms with Crippen LogP contribution in [0.3, 0.4) is 0 Å². The molecule has 1 heterocycles. The summed E-state index contributed by atoms with van der Waals surface area (Å²) >= 11 is 5.67. The lowest BCUT2D eigenvalue weighted by atomic mass is 10.2. The van der Waals surface area contributed by atoms with Gasteiger partial charge in [-0.2, -0.15) is 0 Å². The molecule has 1 rings (SSSR count). The summed E-state index contributed by atoms with van der Waals surface area (Å²) in [4.78, 5) is 4.13. The SMILES string of the molecule is CCCn1cc(S(=O)(=O)NC(CC)CCCl)nc1C. The first-order valence-corrected chi connectivity index (χ1v) is 8.58. The minimum absolute atomic E-state index is 0.0893. The van der Waals surface area contributed by atoms with Gasteiger partial charge in [-0.1, -0.05) is 13.8 Å². The fourth-order valence-corrected chi connectivity index (χ4v) is 3.46. The minimum atomic E-state index is -3.55. The van der Waals surface area contributed by atoms with Crippen molar-refractivity contribution in [3.8, 4) is 0 Å². The van der Waals surface area contributed by atoms with Crippen LogP contribution in [0.4, 0.5) is 0 Å². The van der Waals surface area contributed by atoms with E-state index in [0.717, 1.165) is 13.0 Å². The molecule has 1 aromatic heterocycles. The number of nitrogens with one attached hydrogen (secondary N) is 1. The summed E-state index contributed by atoms with van der Waals surface area (Å²) in [6, 6.07) is -0.140. The van der Waals surface area contributed by atoms with Gasteiger partial charge in [-0.25, -0.2) is 18.1 Å². The first-order chi connectivity index (χ1) is 8.94. The van der Waals surface area contributed by atoms with Crippen LogP contribution in [0.2, 0.25) is 0 Å². The van der Waals surface area contributed by atoms with Crippen molar-refractivity contribution in [1.82, 2.24) is 14.3 Å². The summed E-state index contributed by atoms with van der Waals surface area (Å²) < 4.78 is 28.9. The number of aromatic nitrogens is 2. The Morgan fingerprint density at radius 3 is 2.68 bits per heavy atom. The Labute approximate surface area is 120 Å². The zero-order valence-electron chi connectivity index (χ0n) is 11.7. The molecule has 7 heteroatoms. The first kappa shape index (κ1) is 16.5. The van der Waals surface area contributed by atoms with Crippen molar-refractivity contribution in [3.63, 3.8) is 0 Å². The van der Waals surface area contributed by atoms with Gasteiger partial charge in [0.2, 0.25) is 0 Å². The van der Waals surface area contributed by atoms with Crippen LogP contribution in [-0.2, 0) is 16.6 Å². The van der Waals surface area contributed by atoms with E-state index in [1.54, 1.807) is 6.20 Å². The molecule has 19 heavy (non-hydrogen) atoms. The lowest BCUT2D eigenvalue weighted by Crippen LogP contribution is -2.34. The molecule has 0 bridgehead atoms. The molecule has 0 aromatic carbocycles. The summed E-state index contributed by atoms with van der Waals surface area (Å²) in [6.07, 6.45) is 3.86. The highest BCUT2D eigenvalue weighted by Gasteiger charge is 2.22. The van der Waals surface area contributed by atoms with E-state index in [-0.39, 0.29) is 11.1 Å². The van der Waals surface area contributed by atoms with Gasteiger partial charge in [-0.05, 0) is 26.2 Å². The van der Waals surface area contributed by atoms with Gasteiger partial charge in [0.15, 0.2) is 5.03 Å². The Balaban J connectivity index is 2.90. The van der Waals surface area contributed by atoms with Gasteiger partial charge >= 0.3 is 0 Å². The Morgan fingerprint density at radius 1 is 1.47 bits per heavy atom. The van der Waals surface area contributed by atoms with Gasteiger partial charge < -0.3 is 4.57 Å². The van der Waals surface area contributed by atoms with E-state index in [1.165, 1.54) is 0 Å². The lowest BCUT2D eigenvalue weighted by molar-refractivity contribution is 0.529. The number of aryl methyl sites for hydroxylation is 2. The molecular formula is C12H22ClN3O2S. The predicted octanol–water partition coefficient (Wildman–Crippen LogP) is 2.29. The number of alkyl halides is 1. The zero-order chi connectivity index (χ0) is 14.5. The third-order valence-electron chi connectivity index (χ3n) is 2.97. The highest BCUT2D eigenvalue weighted by atomic mass is 35.5. The Morgan fingerprint density at radius 2 is 2.16 bits per heavy atom. The molecule has 0 fully saturated rings. The second-order valence-electron chi connectivity index (χ2n) is 4.52. The van der Waals surface area contributed by atoms with Gasteiger partial charge in [0.1, 0.15) is 5.82 Å². The molecule has 0 aliphatic carbocycles. The quantitative estimate of drug-likeness (QED) is 0.749. The molecule has 1 unspecified atom stereocenters. The molecule has 1 aromatic rings. The molecule has 5 nitrogen and oxygen atoms in total. The van der Waals surface area contributed by atoms with Crippen molar-refractivity contribution < 1.29 is 8.42 Å². The molecule has 1 N–H and O–H groups in total. The van der Waals surface area contributed by atoms with Crippen molar-refractivity contribution in [2.75, 3.05) is 5.88 Å². The minimum Gasteiger partial charge on any atom is -0.334 e. The van der Waals surface area contributed by atoms with Gasteiger partial charge in [-0.3, -0.25) is 0 Å². The largest absolute Gasteiger partial charge is 0.334 e. The third-order valence-corrected chi connectivity index (χ3v) is 4.58. The zero-order valence-corrected chi connectivity index (χ0v) is 13.3. The molecule has 1 atom stereocenters. The Hall–Kier alpha value is -0.590. The summed E-state index contributed by atoms with van der Waals surface area (Å²) in [7, 11) is -3.55. The van der Waals surface area contributed by atoms with Crippen LogP contribution >= 0.6 is 11.6 Å². The predicted molar refractivity (Wildman–Crippen MR) is 77.0 cm³/mol. The number of sulfonamides is 1. The molecule has 0 radical (unpaired) electrons. The van der Waals surface area contributed by atoms with E-state index in [4.69, 9.17) is 11.6 Å². The second kappa shape index (κ2) is 7.26. The standard InChI is InChI=1S/C12H22ClN3O2S/c1-4-8-16-9-12(14-10(16)3)19(17,18)15-11(5-2)6-7-13/h9,11,15H,4-8H2,1-3H3. The van der Waals surface area contributed by atoms with E-state index in [2.05, 4.69) is 9.71 Å². The van der Waals surface area contributed by atoms with Crippen molar-refractivity contribution in [1.29, 1.82) is 0 Å². The maximum absolute atomic E-state index is 12.2. The Kier molecular flexibility index (Phi) is 6.29. The first-order valence-electron chi connectivity index (χ1n) is 6.56. The number of halogens is 1. The molecule has 0 amide bonds. The van der Waals surface area contributed by atoms with Crippen LogP contribution in [0.15, 0.2) is 11.2 Å². The summed E-state index contributed by atoms with van der Waals surface area (Å²) in [5.74, 6) is 1.15. The highest BCUT2D eigenvalue weighted by molar-refractivity contribution is 7.89. The van der Waals surface area contributed by atoms with Crippen molar-refractivity contribution in [2.45, 2.75) is 57.6 Å². The Bertz CT molecular complexity index is 499. The summed E-state index contributed by atoms with van der Waals surface area (Å²) in [5, 5.41) is 0.0893. The van der Waals surface area contributed by atoms with Crippen LogP contribution in [0.25, 0.3) is 0 Å². The van der Waals surface area contributed by atoms with E-state index in [1.807, 2.05) is 25.3 Å². The molecule has 0 saturated heterocycles. The van der Waals surface area contributed by atoms with Gasteiger partial charge in [0, 0.05) is 24.7 Å². The number of rotatable bonds is 8. The van der Waals surface area contributed by atoms with Crippen LogP contribution in [0.5, 0.6) is 0 Å². The maximum Gasteiger partial charge on any atom is 0.259 e. The summed E-state index contributed by atoms with van der Waals surface area (Å²) in [5.41, 5.74) is 0. The average Bonchev–Trinajstić information content (AvgIpc) is 2.72. The van der Waals surface area contributed by atoms with E-state index in [0.29, 0.717) is 24.5 Å². The van der Waals surface area contributed by atoms with E-state index in [9.17, 15) is 8.42 Å². The molecule has 0 aliphatic heterocycles. The van der Waals surface area contributed by atoms with Crippen molar-refractivity contribution in [3.05, 3.63) is 12.0 Å². The molecule has 0 spiro atoms. The van der Waals surface area contributed by atoms with Crippen LogP contribution in [-0.4, -0.2) is 29.9 Å². The molecule has 0 aliphatic rings. The van der Waals surface area contributed by atoms with Gasteiger partial charge in [0.05, 0.1) is 0 Å². The third kappa shape index (κ3) is 4.47. The fraction of sp³-hybridized carbons (Fsp3) is 0.750.